The molecule has 2 N–H and O–H groups in total. The molecule has 11 heteroatoms. The molecule has 0 unspecified atom stereocenters. The first-order valence-electron chi connectivity index (χ1n) is 8.10. The summed E-state index contributed by atoms with van der Waals surface area (Å²) in [4.78, 5) is 11.9. The van der Waals surface area contributed by atoms with Crippen molar-refractivity contribution in [3.63, 3.8) is 0 Å². The molecule has 0 bridgehead atoms. The maximum absolute atomic E-state index is 12.3. The summed E-state index contributed by atoms with van der Waals surface area (Å²) in [6.45, 7) is 0.232. The predicted octanol–water partition coefficient (Wildman–Crippen LogP) is 3.03. The number of ether oxygens (including phenoxy) is 2. The number of carbonyl (C=O) groups excluding carboxylic acids is 1. The molecule has 0 radical (unpaired) electrons. The van der Waals surface area contributed by atoms with Crippen LogP contribution in [-0.2, 0) is 11.2 Å². The number of carbonyl (C=O) groups is 1. The molecule has 0 aliphatic heterocycles. The summed E-state index contributed by atoms with van der Waals surface area (Å²) in [5.74, 6) is 0.323. The Morgan fingerprint density at radius 3 is 2.85 bits per heavy atom. The zero-order valence-electron chi connectivity index (χ0n) is 14.8. The van der Waals surface area contributed by atoms with Gasteiger partial charge in [0.2, 0.25) is 11.0 Å². The van der Waals surface area contributed by atoms with E-state index in [0.29, 0.717) is 13.0 Å². The molecule has 0 atom stereocenters. The van der Waals surface area contributed by atoms with Gasteiger partial charge in [-0.15, -0.1) is 10.2 Å². The molecule has 7 nitrogen and oxygen atoms in total. The van der Waals surface area contributed by atoms with Gasteiger partial charge in [0.25, 0.3) is 0 Å². The summed E-state index contributed by atoms with van der Waals surface area (Å²) in [5.41, 5.74) is 0.834. The van der Waals surface area contributed by atoms with E-state index >= 15 is 0 Å². The van der Waals surface area contributed by atoms with Gasteiger partial charge < -0.3 is 20.1 Å². The fourth-order valence-electron chi connectivity index (χ4n) is 2.08. The van der Waals surface area contributed by atoms with Crippen LogP contribution in [-0.4, -0.2) is 48.7 Å². The molecule has 1 amide bonds. The van der Waals surface area contributed by atoms with E-state index in [-0.39, 0.29) is 23.2 Å². The molecular formula is C16H20F2N4O3S2. The van der Waals surface area contributed by atoms with Crippen LogP contribution in [0.1, 0.15) is 12.5 Å². The summed E-state index contributed by atoms with van der Waals surface area (Å²) in [5, 5.41) is 14.6. The second-order valence-electron chi connectivity index (χ2n) is 5.16. The standard InChI is InChI=1S/C16H20F2N4O3S2/c1-3-19-15-21-22-16(27-15)26-9-13(23)20-7-6-10-4-5-11(25-14(17)18)12(8-10)24-2/h4-5,8,14H,3,6-7,9H2,1-2H3,(H,19,21)(H,20,23). The first kappa shape index (κ1) is 21.2. The Kier molecular flexibility index (Phi) is 8.52. The van der Waals surface area contributed by atoms with E-state index in [4.69, 9.17) is 4.74 Å². The number of amides is 1. The minimum absolute atomic E-state index is 0.0225. The molecule has 2 aromatic rings. The van der Waals surface area contributed by atoms with Gasteiger partial charge in [-0.1, -0.05) is 29.2 Å². The molecule has 0 fully saturated rings. The van der Waals surface area contributed by atoms with Crippen molar-refractivity contribution in [2.24, 2.45) is 0 Å². The molecule has 1 aromatic carbocycles. The number of rotatable bonds is 11. The Morgan fingerprint density at radius 1 is 1.33 bits per heavy atom. The lowest BCUT2D eigenvalue weighted by Gasteiger charge is -2.11. The molecule has 0 saturated heterocycles. The molecule has 148 valence electrons. The molecule has 27 heavy (non-hydrogen) atoms. The Bertz CT molecular complexity index is 746. The number of nitrogens with zero attached hydrogens (tertiary/aromatic N) is 2. The third kappa shape index (κ3) is 7.18. The molecule has 2 rings (SSSR count). The molecule has 0 saturated carbocycles. The third-order valence-corrected chi connectivity index (χ3v) is 5.26. The number of hydrogen-bond donors (Lipinski definition) is 2. The second-order valence-corrected chi connectivity index (χ2v) is 7.36. The van der Waals surface area contributed by atoms with Crippen molar-refractivity contribution >= 4 is 34.1 Å². The number of thioether (sulfide) groups is 1. The monoisotopic (exact) mass is 418 g/mol. The van der Waals surface area contributed by atoms with Crippen LogP contribution in [0.4, 0.5) is 13.9 Å². The Morgan fingerprint density at radius 2 is 2.15 bits per heavy atom. The Balaban J connectivity index is 1.75. The first-order valence-corrected chi connectivity index (χ1v) is 9.90. The highest BCUT2D eigenvalue weighted by atomic mass is 32.2. The molecule has 0 spiro atoms. The molecule has 1 heterocycles. The lowest BCUT2D eigenvalue weighted by molar-refractivity contribution is -0.118. The number of alkyl halides is 2. The smallest absolute Gasteiger partial charge is 0.387 e. The highest BCUT2D eigenvalue weighted by molar-refractivity contribution is 8.01. The Labute approximate surface area is 163 Å². The summed E-state index contributed by atoms with van der Waals surface area (Å²) in [6, 6.07) is 4.70. The van der Waals surface area contributed by atoms with Crippen LogP contribution in [0.25, 0.3) is 0 Å². The average molecular weight is 418 g/mol. The van der Waals surface area contributed by atoms with Gasteiger partial charge in [0.15, 0.2) is 15.8 Å². The van der Waals surface area contributed by atoms with Crippen molar-refractivity contribution in [3.05, 3.63) is 23.8 Å². The number of nitrogens with one attached hydrogen (secondary N) is 2. The zero-order chi connectivity index (χ0) is 19.6. The van der Waals surface area contributed by atoms with Crippen molar-refractivity contribution in [1.29, 1.82) is 0 Å². The quantitative estimate of drug-likeness (QED) is 0.543. The maximum atomic E-state index is 12.3. The fourth-order valence-corrected chi connectivity index (χ4v) is 3.73. The zero-order valence-corrected chi connectivity index (χ0v) is 16.5. The predicted molar refractivity (Wildman–Crippen MR) is 101 cm³/mol. The van der Waals surface area contributed by atoms with E-state index in [9.17, 15) is 13.6 Å². The van der Waals surface area contributed by atoms with Gasteiger partial charge in [-0.3, -0.25) is 4.79 Å². The van der Waals surface area contributed by atoms with Gasteiger partial charge in [-0.05, 0) is 31.0 Å². The van der Waals surface area contributed by atoms with Crippen LogP contribution >= 0.6 is 23.1 Å². The molecule has 0 aliphatic rings. The van der Waals surface area contributed by atoms with E-state index in [1.54, 1.807) is 12.1 Å². The lowest BCUT2D eigenvalue weighted by Crippen LogP contribution is -2.27. The maximum Gasteiger partial charge on any atom is 0.387 e. The van der Waals surface area contributed by atoms with Crippen LogP contribution in [0.2, 0.25) is 0 Å². The largest absolute Gasteiger partial charge is 0.493 e. The number of anilines is 1. The van der Waals surface area contributed by atoms with E-state index in [2.05, 4.69) is 25.6 Å². The number of aromatic nitrogens is 2. The number of hydrogen-bond acceptors (Lipinski definition) is 8. The van der Waals surface area contributed by atoms with Crippen LogP contribution in [0, 0.1) is 0 Å². The average Bonchev–Trinajstić information content (AvgIpc) is 3.08. The van der Waals surface area contributed by atoms with E-state index in [1.807, 2.05) is 6.92 Å². The first-order chi connectivity index (χ1) is 13.0. The highest BCUT2D eigenvalue weighted by Gasteiger charge is 2.11. The lowest BCUT2D eigenvalue weighted by atomic mass is 10.1. The number of halogens is 2. The molecule has 1 aromatic heterocycles. The van der Waals surface area contributed by atoms with Gasteiger partial charge in [-0.2, -0.15) is 8.78 Å². The number of methoxy groups -OCH3 is 1. The number of benzene rings is 1. The van der Waals surface area contributed by atoms with Crippen molar-refractivity contribution in [2.45, 2.75) is 24.3 Å². The second kappa shape index (κ2) is 10.9. The minimum atomic E-state index is -2.91. The van der Waals surface area contributed by atoms with Crippen LogP contribution in [0.3, 0.4) is 0 Å². The van der Waals surface area contributed by atoms with Crippen LogP contribution in [0.5, 0.6) is 11.5 Å². The summed E-state index contributed by atoms with van der Waals surface area (Å²) >= 11 is 2.72. The van der Waals surface area contributed by atoms with E-state index in [0.717, 1.165) is 21.6 Å². The fraction of sp³-hybridized carbons (Fsp3) is 0.438. The van der Waals surface area contributed by atoms with Crippen LogP contribution in [0.15, 0.2) is 22.5 Å². The van der Waals surface area contributed by atoms with Crippen molar-refractivity contribution in [3.8, 4) is 11.5 Å². The van der Waals surface area contributed by atoms with Gasteiger partial charge in [0, 0.05) is 13.1 Å². The third-order valence-electron chi connectivity index (χ3n) is 3.24. The molecule has 0 aliphatic carbocycles. The SMILES string of the molecule is CCNc1nnc(SCC(=O)NCCc2ccc(OC(F)F)c(OC)c2)s1. The topological polar surface area (TPSA) is 85.4 Å². The van der Waals surface area contributed by atoms with Gasteiger partial charge >= 0.3 is 6.61 Å². The van der Waals surface area contributed by atoms with E-state index < -0.39 is 6.61 Å². The Hall–Kier alpha value is -2.14. The minimum Gasteiger partial charge on any atom is -0.493 e. The molecular weight excluding hydrogens is 398 g/mol. The van der Waals surface area contributed by atoms with Gasteiger partial charge in [0.05, 0.1) is 12.9 Å². The normalized spacial score (nSPS) is 10.7. The summed E-state index contributed by atoms with van der Waals surface area (Å²) < 4.78 is 34.8. The summed E-state index contributed by atoms with van der Waals surface area (Å²) in [7, 11) is 1.38. The van der Waals surface area contributed by atoms with Gasteiger partial charge in [0.1, 0.15) is 0 Å². The van der Waals surface area contributed by atoms with Crippen LogP contribution < -0.4 is 20.1 Å². The van der Waals surface area contributed by atoms with Crippen molar-refractivity contribution in [1.82, 2.24) is 15.5 Å². The van der Waals surface area contributed by atoms with E-state index in [1.165, 1.54) is 36.3 Å². The van der Waals surface area contributed by atoms with Gasteiger partial charge in [-0.25, -0.2) is 0 Å². The van der Waals surface area contributed by atoms with Crippen molar-refractivity contribution < 1.29 is 23.0 Å². The van der Waals surface area contributed by atoms with Crippen molar-refractivity contribution in [2.75, 3.05) is 31.3 Å². The summed E-state index contributed by atoms with van der Waals surface area (Å²) in [6.07, 6.45) is 0.533. The highest BCUT2D eigenvalue weighted by Crippen LogP contribution is 2.29.